The molecule has 2 rings (SSSR count). The van der Waals surface area contributed by atoms with Crippen molar-refractivity contribution in [1.82, 2.24) is 30.8 Å². The maximum atomic E-state index is 11.9. The summed E-state index contributed by atoms with van der Waals surface area (Å²) in [7, 11) is 0. The average molecular weight is 360 g/mol. The number of H-pyrrole nitrogens is 1. The molecular formula is C12H11F3N6O2S. The molecule has 0 atom stereocenters. The van der Waals surface area contributed by atoms with Crippen molar-refractivity contribution in [1.29, 1.82) is 0 Å². The zero-order valence-electron chi connectivity index (χ0n) is 11.9. The van der Waals surface area contributed by atoms with Crippen molar-refractivity contribution in [3.8, 4) is 11.4 Å². The van der Waals surface area contributed by atoms with E-state index in [0.29, 0.717) is 5.82 Å². The van der Waals surface area contributed by atoms with Gasteiger partial charge in [-0.15, -0.1) is 5.10 Å². The van der Waals surface area contributed by atoms with Crippen LogP contribution < -0.4 is 10.6 Å². The van der Waals surface area contributed by atoms with E-state index < -0.39 is 24.7 Å². The molecule has 0 aliphatic rings. The Labute approximate surface area is 137 Å². The minimum absolute atomic E-state index is 0.229. The second kappa shape index (κ2) is 7.77. The summed E-state index contributed by atoms with van der Waals surface area (Å²) in [4.78, 5) is 30.6. The highest BCUT2D eigenvalue weighted by molar-refractivity contribution is 7.99. The lowest BCUT2D eigenvalue weighted by Gasteiger charge is -2.08. The molecule has 0 radical (unpaired) electrons. The molecule has 0 unspecified atom stereocenters. The third-order valence-electron chi connectivity index (χ3n) is 2.45. The Kier molecular flexibility index (Phi) is 5.73. The number of hydrogen-bond donors (Lipinski definition) is 3. The third-order valence-corrected chi connectivity index (χ3v) is 3.30. The number of carbonyl (C=O) groups excluding carboxylic acids is 2. The lowest BCUT2D eigenvalue weighted by atomic mass is 10.3. The molecule has 24 heavy (non-hydrogen) atoms. The molecule has 2 aromatic heterocycles. The Hall–Kier alpha value is -2.63. The second-order valence-electron chi connectivity index (χ2n) is 4.34. The Balaban J connectivity index is 1.78. The fourth-order valence-electron chi connectivity index (χ4n) is 1.47. The van der Waals surface area contributed by atoms with Gasteiger partial charge in [0.25, 0.3) is 0 Å². The van der Waals surface area contributed by atoms with E-state index in [1.807, 2.05) is 0 Å². The second-order valence-corrected chi connectivity index (χ2v) is 5.28. The number of aromatic amines is 1. The minimum Gasteiger partial charge on any atom is -0.329 e. The van der Waals surface area contributed by atoms with Crippen LogP contribution in [0.25, 0.3) is 11.4 Å². The van der Waals surface area contributed by atoms with Gasteiger partial charge in [-0.1, -0.05) is 11.8 Å². The first-order valence-electron chi connectivity index (χ1n) is 6.43. The summed E-state index contributed by atoms with van der Waals surface area (Å²) in [6.07, 6.45) is -1.38. The Morgan fingerprint density at radius 3 is 2.62 bits per heavy atom. The molecule has 2 heterocycles. The Morgan fingerprint density at radius 2 is 1.96 bits per heavy atom. The fourth-order valence-corrected chi connectivity index (χ4v) is 2.07. The van der Waals surface area contributed by atoms with E-state index in [-0.39, 0.29) is 10.9 Å². The van der Waals surface area contributed by atoms with E-state index in [2.05, 4.69) is 20.2 Å². The molecule has 3 amide bonds. The summed E-state index contributed by atoms with van der Waals surface area (Å²) >= 11 is 0.926. The van der Waals surface area contributed by atoms with Gasteiger partial charge in [0.15, 0.2) is 5.82 Å². The van der Waals surface area contributed by atoms with Crippen LogP contribution in [0.1, 0.15) is 0 Å². The van der Waals surface area contributed by atoms with Crippen LogP contribution in [-0.2, 0) is 4.79 Å². The van der Waals surface area contributed by atoms with Gasteiger partial charge in [-0.2, -0.15) is 13.2 Å². The number of aromatic nitrogens is 4. The van der Waals surface area contributed by atoms with Crippen LogP contribution in [0.2, 0.25) is 0 Å². The minimum atomic E-state index is -4.54. The number of pyridine rings is 1. The van der Waals surface area contributed by atoms with Crippen LogP contribution in [0.5, 0.6) is 0 Å². The SMILES string of the molecule is O=C(CSc1n[nH]c(-c2ccncc2)n1)NC(=O)NCC(F)(F)F. The van der Waals surface area contributed by atoms with Gasteiger partial charge in [0.05, 0.1) is 5.75 Å². The van der Waals surface area contributed by atoms with Gasteiger partial charge in [-0.3, -0.25) is 20.2 Å². The van der Waals surface area contributed by atoms with Crippen molar-refractivity contribution < 1.29 is 22.8 Å². The molecular weight excluding hydrogens is 349 g/mol. The number of nitrogens with one attached hydrogen (secondary N) is 3. The first kappa shape index (κ1) is 17.7. The lowest BCUT2D eigenvalue weighted by molar-refractivity contribution is -0.124. The number of nitrogens with zero attached hydrogens (tertiary/aromatic N) is 3. The molecule has 8 nitrogen and oxygen atoms in total. The van der Waals surface area contributed by atoms with Gasteiger partial charge in [-0.25, -0.2) is 9.78 Å². The third kappa shape index (κ3) is 5.87. The van der Waals surface area contributed by atoms with Crippen molar-refractivity contribution in [3.63, 3.8) is 0 Å². The summed E-state index contributed by atoms with van der Waals surface area (Å²) in [5, 5.41) is 10.1. The van der Waals surface area contributed by atoms with Gasteiger partial charge >= 0.3 is 12.2 Å². The van der Waals surface area contributed by atoms with Crippen molar-refractivity contribution in [3.05, 3.63) is 24.5 Å². The summed E-state index contributed by atoms with van der Waals surface area (Å²) in [6, 6.07) is 2.21. The zero-order valence-corrected chi connectivity index (χ0v) is 12.7. The van der Waals surface area contributed by atoms with Crippen molar-refractivity contribution >= 4 is 23.7 Å². The molecule has 0 saturated carbocycles. The van der Waals surface area contributed by atoms with E-state index >= 15 is 0 Å². The number of urea groups is 1. The number of amides is 3. The normalized spacial score (nSPS) is 11.1. The predicted molar refractivity (Wildman–Crippen MR) is 77.9 cm³/mol. The molecule has 0 fully saturated rings. The Morgan fingerprint density at radius 1 is 1.25 bits per heavy atom. The van der Waals surface area contributed by atoms with Crippen LogP contribution in [0.3, 0.4) is 0 Å². The van der Waals surface area contributed by atoms with Gasteiger partial charge in [0.2, 0.25) is 11.1 Å². The van der Waals surface area contributed by atoms with Gasteiger partial charge in [-0.05, 0) is 12.1 Å². The predicted octanol–water partition coefficient (Wildman–Crippen LogP) is 1.35. The summed E-state index contributed by atoms with van der Waals surface area (Å²) in [5.41, 5.74) is 0.750. The van der Waals surface area contributed by atoms with Crippen molar-refractivity contribution in [2.24, 2.45) is 0 Å². The molecule has 0 saturated heterocycles. The van der Waals surface area contributed by atoms with E-state index in [9.17, 15) is 22.8 Å². The fraction of sp³-hybridized carbons (Fsp3) is 0.250. The largest absolute Gasteiger partial charge is 0.405 e. The first-order chi connectivity index (χ1) is 11.3. The zero-order chi connectivity index (χ0) is 17.6. The van der Waals surface area contributed by atoms with Crippen molar-refractivity contribution in [2.45, 2.75) is 11.3 Å². The van der Waals surface area contributed by atoms with Crippen LogP contribution in [0.15, 0.2) is 29.7 Å². The van der Waals surface area contributed by atoms with E-state index in [0.717, 1.165) is 17.3 Å². The highest BCUT2D eigenvalue weighted by Crippen LogP contribution is 2.18. The smallest absolute Gasteiger partial charge is 0.329 e. The summed E-state index contributed by atoms with van der Waals surface area (Å²) in [6.45, 7) is -1.52. The molecule has 0 bridgehead atoms. The molecule has 0 aliphatic carbocycles. The number of alkyl halides is 3. The maximum Gasteiger partial charge on any atom is 0.405 e. The van der Waals surface area contributed by atoms with Gasteiger partial charge < -0.3 is 5.32 Å². The molecule has 0 spiro atoms. The van der Waals surface area contributed by atoms with Gasteiger partial charge in [0, 0.05) is 18.0 Å². The number of halogens is 3. The van der Waals surface area contributed by atoms with Crippen molar-refractivity contribution in [2.75, 3.05) is 12.3 Å². The topological polar surface area (TPSA) is 113 Å². The van der Waals surface area contributed by atoms with Crippen LogP contribution in [0, 0.1) is 0 Å². The standard InChI is InChI=1S/C12H11F3N6O2S/c13-12(14,15)6-17-10(23)18-8(22)5-24-11-19-9(20-21-11)7-1-3-16-4-2-7/h1-4H,5-6H2,(H,19,20,21)(H2,17,18,22,23). The molecule has 3 N–H and O–H groups in total. The number of hydrogen-bond acceptors (Lipinski definition) is 6. The summed E-state index contributed by atoms with van der Waals surface area (Å²) < 4.78 is 35.7. The molecule has 2 aromatic rings. The monoisotopic (exact) mass is 360 g/mol. The summed E-state index contributed by atoms with van der Waals surface area (Å²) in [5.74, 6) is -0.522. The molecule has 12 heteroatoms. The highest BCUT2D eigenvalue weighted by Gasteiger charge is 2.27. The van der Waals surface area contributed by atoms with Crippen LogP contribution >= 0.6 is 11.8 Å². The number of imide groups is 1. The quantitative estimate of drug-likeness (QED) is 0.694. The number of rotatable bonds is 5. The number of carbonyl (C=O) groups is 2. The van der Waals surface area contributed by atoms with E-state index in [1.165, 1.54) is 5.32 Å². The van der Waals surface area contributed by atoms with E-state index in [4.69, 9.17) is 0 Å². The lowest BCUT2D eigenvalue weighted by Crippen LogP contribution is -2.43. The average Bonchev–Trinajstić information content (AvgIpc) is 3.00. The molecule has 0 aliphatic heterocycles. The van der Waals surface area contributed by atoms with Gasteiger partial charge in [0.1, 0.15) is 6.54 Å². The van der Waals surface area contributed by atoms with Crippen LogP contribution in [-0.4, -0.2) is 50.6 Å². The number of thioether (sulfide) groups is 1. The maximum absolute atomic E-state index is 11.9. The van der Waals surface area contributed by atoms with E-state index in [1.54, 1.807) is 29.8 Å². The Bertz CT molecular complexity index is 706. The molecule has 0 aromatic carbocycles. The highest BCUT2D eigenvalue weighted by atomic mass is 32.2. The van der Waals surface area contributed by atoms with Crippen LogP contribution in [0.4, 0.5) is 18.0 Å². The first-order valence-corrected chi connectivity index (χ1v) is 7.42. The molecule has 128 valence electrons.